The molecule has 0 radical (unpaired) electrons. The van der Waals surface area contributed by atoms with Crippen molar-refractivity contribution < 1.29 is 4.92 Å². The van der Waals surface area contributed by atoms with Gasteiger partial charge in [0.25, 0.3) is 5.69 Å². The van der Waals surface area contributed by atoms with E-state index in [1.807, 2.05) is 19.1 Å². The van der Waals surface area contributed by atoms with Crippen molar-refractivity contribution >= 4 is 34.7 Å². The molecule has 0 fully saturated rings. The predicted octanol–water partition coefficient (Wildman–Crippen LogP) is 5.03. The third-order valence-corrected chi connectivity index (χ3v) is 5.31. The van der Waals surface area contributed by atoms with Gasteiger partial charge in [0.1, 0.15) is 5.82 Å². The van der Waals surface area contributed by atoms with Gasteiger partial charge < -0.3 is 5.32 Å². The molecule has 1 aliphatic rings. The van der Waals surface area contributed by atoms with Crippen LogP contribution < -0.4 is 5.32 Å². The minimum absolute atomic E-state index is 0.0233. The zero-order valence-electron chi connectivity index (χ0n) is 13.8. The van der Waals surface area contributed by atoms with Gasteiger partial charge in [0.15, 0.2) is 0 Å². The molecule has 0 atom stereocenters. The minimum Gasteiger partial charge on any atom is -0.369 e. The number of hydrogen-bond donors (Lipinski definition) is 1. The highest BCUT2D eigenvalue weighted by Gasteiger charge is 2.26. The Kier molecular flexibility index (Phi) is 4.09. The average molecular weight is 389 g/mol. The number of fused-ring (bicyclic) bond motifs is 1. The van der Waals surface area contributed by atoms with E-state index in [4.69, 9.17) is 28.3 Å². The van der Waals surface area contributed by atoms with Crippen LogP contribution in [0.3, 0.4) is 0 Å². The van der Waals surface area contributed by atoms with Gasteiger partial charge in [-0.1, -0.05) is 41.4 Å². The van der Waals surface area contributed by atoms with Gasteiger partial charge >= 0.3 is 0 Å². The maximum atomic E-state index is 11.2. The molecule has 4 rings (SSSR count). The van der Waals surface area contributed by atoms with Crippen LogP contribution in [-0.2, 0) is 6.42 Å². The predicted molar refractivity (Wildman–Crippen MR) is 103 cm³/mol. The number of aryl methyl sites for hydroxylation is 1. The number of anilines is 1. The Hall–Kier alpha value is -2.57. The lowest BCUT2D eigenvalue weighted by molar-refractivity contribution is -0.384. The molecular formula is C18H14Cl2N4O2. The molecule has 2 heterocycles. The zero-order valence-corrected chi connectivity index (χ0v) is 15.3. The lowest BCUT2D eigenvalue weighted by Crippen LogP contribution is -2.06. The smallest absolute Gasteiger partial charge is 0.271 e. The van der Waals surface area contributed by atoms with Gasteiger partial charge in [0.05, 0.1) is 26.3 Å². The average Bonchev–Trinajstić information content (AvgIpc) is 3.20. The number of benzene rings is 2. The van der Waals surface area contributed by atoms with Crippen molar-refractivity contribution in [3.05, 3.63) is 67.7 Å². The first kappa shape index (κ1) is 16.9. The Labute approximate surface area is 159 Å². The number of halogens is 2. The molecule has 1 aliphatic heterocycles. The number of rotatable bonds is 3. The number of nitrogens with one attached hydrogen (secondary N) is 1. The van der Waals surface area contributed by atoms with Crippen molar-refractivity contribution in [2.24, 2.45) is 0 Å². The second-order valence-corrected chi connectivity index (χ2v) is 6.88. The Morgan fingerprint density at radius 1 is 1.27 bits per heavy atom. The molecular weight excluding hydrogens is 375 g/mol. The fourth-order valence-electron chi connectivity index (χ4n) is 3.19. The summed E-state index contributed by atoms with van der Waals surface area (Å²) >= 11 is 12.6. The molecule has 26 heavy (non-hydrogen) atoms. The van der Waals surface area contributed by atoms with Crippen LogP contribution in [0.4, 0.5) is 11.5 Å². The monoisotopic (exact) mass is 388 g/mol. The van der Waals surface area contributed by atoms with Crippen molar-refractivity contribution in [2.75, 3.05) is 11.9 Å². The van der Waals surface area contributed by atoms with Gasteiger partial charge in [-0.15, -0.1) is 0 Å². The van der Waals surface area contributed by atoms with Crippen LogP contribution in [0.5, 0.6) is 0 Å². The molecule has 3 aromatic rings. The van der Waals surface area contributed by atoms with Crippen LogP contribution in [0.1, 0.15) is 11.1 Å². The van der Waals surface area contributed by atoms with Gasteiger partial charge in [-0.3, -0.25) is 10.1 Å². The third kappa shape index (κ3) is 2.62. The van der Waals surface area contributed by atoms with Crippen LogP contribution >= 0.6 is 23.2 Å². The quantitative estimate of drug-likeness (QED) is 0.504. The van der Waals surface area contributed by atoms with Crippen molar-refractivity contribution in [1.29, 1.82) is 0 Å². The Morgan fingerprint density at radius 3 is 2.85 bits per heavy atom. The zero-order chi connectivity index (χ0) is 18.4. The van der Waals surface area contributed by atoms with Gasteiger partial charge in [-0.05, 0) is 25.0 Å². The van der Waals surface area contributed by atoms with E-state index in [9.17, 15) is 10.1 Å². The fourth-order valence-corrected chi connectivity index (χ4v) is 3.58. The van der Waals surface area contributed by atoms with Gasteiger partial charge in [0.2, 0.25) is 0 Å². The molecule has 1 aromatic heterocycles. The molecule has 0 aliphatic carbocycles. The molecule has 0 unspecified atom stereocenters. The highest BCUT2D eigenvalue weighted by Crippen LogP contribution is 2.40. The van der Waals surface area contributed by atoms with Crippen molar-refractivity contribution in [1.82, 2.24) is 9.78 Å². The van der Waals surface area contributed by atoms with E-state index in [1.165, 1.54) is 12.1 Å². The van der Waals surface area contributed by atoms with E-state index in [1.54, 1.807) is 16.8 Å². The fraction of sp³-hybridized carbons (Fsp3) is 0.167. The van der Waals surface area contributed by atoms with E-state index in [0.29, 0.717) is 15.7 Å². The summed E-state index contributed by atoms with van der Waals surface area (Å²) < 4.78 is 1.72. The van der Waals surface area contributed by atoms with Gasteiger partial charge in [-0.25, -0.2) is 4.68 Å². The first-order valence-electron chi connectivity index (χ1n) is 8.03. The summed E-state index contributed by atoms with van der Waals surface area (Å²) in [6, 6.07) is 10.2. The van der Waals surface area contributed by atoms with E-state index >= 15 is 0 Å². The highest BCUT2D eigenvalue weighted by molar-refractivity contribution is 6.43. The molecule has 0 spiro atoms. The van der Waals surface area contributed by atoms with Crippen molar-refractivity contribution in [3.8, 4) is 16.9 Å². The second kappa shape index (κ2) is 6.30. The summed E-state index contributed by atoms with van der Waals surface area (Å²) in [7, 11) is 0. The van der Waals surface area contributed by atoms with Crippen LogP contribution in [-0.4, -0.2) is 21.2 Å². The number of hydrogen-bond acceptors (Lipinski definition) is 4. The van der Waals surface area contributed by atoms with Gasteiger partial charge in [0, 0.05) is 29.8 Å². The summed E-state index contributed by atoms with van der Waals surface area (Å²) in [5.74, 6) is 0.833. The Bertz CT molecular complexity index is 1050. The first-order valence-corrected chi connectivity index (χ1v) is 8.78. The SMILES string of the molecule is Cc1ccc([N+](=O)[O-])cc1-n1nc(-c2cccc(Cl)c2Cl)c2c1NCC2. The van der Waals surface area contributed by atoms with Gasteiger partial charge in [-0.2, -0.15) is 5.10 Å². The molecule has 2 aromatic carbocycles. The van der Waals surface area contributed by atoms with E-state index < -0.39 is 4.92 Å². The number of non-ortho nitro benzene ring substituents is 1. The summed E-state index contributed by atoms with van der Waals surface area (Å²) in [4.78, 5) is 10.8. The Morgan fingerprint density at radius 2 is 2.08 bits per heavy atom. The summed E-state index contributed by atoms with van der Waals surface area (Å²) in [6.45, 7) is 2.67. The lowest BCUT2D eigenvalue weighted by atomic mass is 10.1. The van der Waals surface area contributed by atoms with E-state index in [2.05, 4.69) is 5.32 Å². The molecule has 0 bridgehead atoms. The lowest BCUT2D eigenvalue weighted by Gasteiger charge is -2.09. The van der Waals surface area contributed by atoms with E-state index in [0.717, 1.165) is 41.2 Å². The first-order chi connectivity index (χ1) is 12.5. The minimum atomic E-state index is -0.408. The molecule has 1 N–H and O–H groups in total. The standard InChI is InChI=1S/C18H14Cl2N4O2/c1-10-5-6-11(24(25)26)9-15(10)23-18-13(7-8-21-18)17(22-23)12-3-2-4-14(19)16(12)20/h2-6,9,21H,7-8H2,1H3. The number of nitro groups is 1. The molecule has 6 nitrogen and oxygen atoms in total. The second-order valence-electron chi connectivity index (χ2n) is 6.09. The number of nitro benzene ring substituents is 1. The molecule has 0 saturated carbocycles. The molecule has 132 valence electrons. The largest absolute Gasteiger partial charge is 0.369 e. The third-order valence-electron chi connectivity index (χ3n) is 4.49. The van der Waals surface area contributed by atoms with Crippen molar-refractivity contribution in [2.45, 2.75) is 13.3 Å². The number of nitrogens with zero attached hydrogens (tertiary/aromatic N) is 3. The normalized spacial score (nSPS) is 12.7. The van der Waals surface area contributed by atoms with Crippen LogP contribution in [0.15, 0.2) is 36.4 Å². The topological polar surface area (TPSA) is 73.0 Å². The Balaban J connectivity index is 1.95. The van der Waals surface area contributed by atoms with Crippen LogP contribution in [0.2, 0.25) is 10.0 Å². The maximum absolute atomic E-state index is 11.2. The molecule has 8 heteroatoms. The maximum Gasteiger partial charge on any atom is 0.271 e. The summed E-state index contributed by atoms with van der Waals surface area (Å²) in [5, 5.41) is 20.1. The number of aromatic nitrogens is 2. The molecule has 0 amide bonds. The summed E-state index contributed by atoms with van der Waals surface area (Å²) in [5.41, 5.74) is 4.09. The van der Waals surface area contributed by atoms with E-state index in [-0.39, 0.29) is 5.69 Å². The van der Waals surface area contributed by atoms with Crippen LogP contribution in [0, 0.1) is 17.0 Å². The summed E-state index contributed by atoms with van der Waals surface area (Å²) in [6.07, 6.45) is 0.793. The van der Waals surface area contributed by atoms with Crippen molar-refractivity contribution in [3.63, 3.8) is 0 Å². The van der Waals surface area contributed by atoms with Crippen LogP contribution in [0.25, 0.3) is 16.9 Å². The molecule has 0 saturated heterocycles. The highest BCUT2D eigenvalue weighted by atomic mass is 35.5.